The van der Waals surface area contributed by atoms with Crippen molar-refractivity contribution < 1.29 is 4.79 Å². The molecule has 0 saturated heterocycles. The number of rotatable bonds is 1. The van der Waals surface area contributed by atoms with Crippen LogP contribution < -0.4 is 11.1 Å². The second-order valence-electron chi connectivity index (χ2n) is 1.48. The number of aldehydes is 1. The molecule has 1 aliphatic heterocycles. The first-order valence-corrected chi connectivity index (χ1v) is 3.00. The maximum absolute atomic E-state index is 10.1. The number of nitrogens with one attached hydrogen (secondary N) is 1. The third-order valence-corrected chi connectivity index (χ3v) is 1.69. The Morgan fingerprint density at radius 1 is 1.88 bits per heavy atom. The van der Waals surface area contributed by atoms with E-state index >= 15 is 0 Å². The number of hydrogen-bond acceptors (Lipinski definition) is 4. The molecule has 0 amide bonds. The molecule has 0 saturated carbocycles. The van der Waals surface area contributed by atoms with E-state index in [0.717, 1.165) is 0 Å². The topological polar surface area (TPSA) is 55.1 Å². The maximum Gasteiger partial charge on any atom is 0.195 e. The Labute approximate surface area is 51.3 Å². The van der Waals surface area contributed by atoms with E-state index in [0.29, 0.717) is 6.29 Å². The van der Waals surface area contributed by atoms with Crippen LogP contribution in [0.2, 0.25) is 0 Å². The quantitative estimate of drug-likeness (QED) is 0.474. The van der Waals surface area contributed by atoms with Crippen LogP contribution in [0.25, 0.3) is 0 Å². The van der Waals surface area contributed by atoms with Gasteiger partial charge in [0.25, 0.3) is 0 Å². The third-order valence-electron chi connectivity index (χ3n) is 0.815. The summed E-state index contributed by atoms with van der Waals surface area (Å²) in [6.45, 7) is 0. The van der Waals surface area contributed by atoms with E-state index in [1.54, 1.807) is 11.6 Å². The van der Waals surface area contributed by atoms with E-state index in [9.17, 15) is 4.79 Å². The van der Waals surface area contributed by atoms with Crippen molar-refractivity contribution in [3.8, 4) is 0 Å². The molecule has 1 heterocycles. The second-order valence-corrected chi connectivity index (χ2v) is 2.66. The van der Waals surface area contributed by atoms with Crippen LogP contribution in [-0.2, 0) is 4.79 Å². The van der Waals surface area contributed by atoms with Gasteiger partial charge in [0.2, 0.25) is 0 Å². The highest BCUT2D eigenvalue weighted by molar-refractivity contribution is 8.04. The Balaban J connectivity index is 2.58. The van der Waals surface area contributed by atoms with Gasteiger partial charge in [-0.15, -0.1) is 0 Å². The van der Waals surface area contributed by atoms with Gasteiger partial charge in [-0.05, 0) is 5.41 Å². The lowest BCUT2D eigenvalue weighted by molar-refractivity contribution is -0.110. The summed E-state index contributed by atoms with van der Waals surface area (Å²) in [6.07, 6.45) is 2.33. The van der Waals surface area contributed by atoms with Crippen LogP contribution in [0.15, 0.2) is 11.6 Å². The smallest absolute Gasteiger partial charge is 0.195 e. The number of carbonyl (C=O) groups excluding carboxylic acids is 1. The lowest BCUT2D eigenvalue weighted by atomic mass is 10.6. The van der Waals surface area contributed by atoms with E-state index in [-0.39, 0.29) is 0 Å². The zero-order valence-corrected chi connectivity index (χ0v) is 4.94. The monoisotopic (exact) mass is 130 g/mol. The van der Waals surface area contributed by atoms with Crippen molar-refractivity contribution in [1.29, 1.82) is 0 Å². The van der Waals surface area contributed by atoms with Gasteiger partial charge >= 0.3 is 0 Å². The molecule has 0 aromatic carbocycles. The molecular weight excluding hydrogens is 124 g/mol. The van der Waals surface area contributed by atoms with Crippen LogP contribution in [-0.4, -0.2) is 11.3 Å². The Morgan fingerprint density at radius 2 is 2.62 bits per heavy atom. The highest BCUT2D eigenvalue weighted by Crippen LogP contribution is 2.19. The molecule has 0 aromatic heterocycles. The van der Waals surface area contributed by atoms with Gasteiger partial charge in [-0.3, -0.25) is 10.5 Å². The molecule has 44 valence electrons. The van der Waals surface area contributed by atoms with Crippen LogP contribution >= 0.6 is 11.8 Å². The van der Waals surface area contributed by atoms with Crippen molar-refractivity contribution in [1.82, 2.24) is 5.32 Å². The van der Waals surface area contributed by atoms with Crippen LogP contribution in [0.5, 0.6) is 0 Å². The Bertz CT molecular complexity index is 126. The van der Waals surface area contributed by atoms with Gasteiger partial charge in [0.15, 0.2) is 11.3 Å². The average molecular weight is 130 g/mol. The first-order chi connectivity index (χ1) is 3.77. The van der Waals surface area contributed by atoms with Gasteiger partial charge in [0.05, 0.1) is 0 Å². The summed E-state index contributed by atoms with van der Waals surface area (Å²) in [5.41, 5.74) is 5.38. The summed E-state index contributed by atoms with van der Waals surface area (Å²) in [6, 6.07) is 0. The summed E-state index contributed by atoms with van der Waals surface area (Å²) in [5, 5.41) is 4.42. The highest BCUT2D eigenvalue weighted by atomic mass is 32.2. The summed E-state index contributed by atoms with van der Waals surface area (Å²) in [7, 11) is 0. The minimum atomic E-state index is -0.889. The zero-order valence-electron chi connectivity index (χ0n) is 4.13. The van der Waals surface area contributed by atoms with Gasteiger partial charge in [-0.25, -0.2) is 0 Å². The largest absolute Gasteiger partial charge is 0.358 e. The molecule has 0 aliphatic carbocycles. The molecule has 1 aliphatic rings. The normalized spacial score (nSPS) is 34.6. The van der Waals surface area contributed by atoms with Crippen molar-refractivity contribution in [2.45, 2.75) is 4.99 Å². The van der Waals surface area contributed by atoms with Gasteiger partial charge in [-0.1, -0.05) is 11.8 Å². The van der Waals surface area contributed by atoms with Gasteiger partial charge < -0.3 is 5.32 Å². The first-order valence-electron chi connectivity index (χ1n) is 2.12. The number of hydrogen-bond donors (Lipinski definition) is 2. The van der Waals surface area contributed by atoms with Crippen molar-refractivity contribution >= 4 is 18.0 Å². The fourth-order valence-electron chi connectivity index (χ4n) is 0.407. The predicted molar refractivity (Wildman–Crippen MR) is 32.8 cm³/mol. The highest BCUT2D eigenvalue weighted by Gasteiger charge is 2.24. The lowest BCUT2D eigenvalue weighted by Crippen LogP contribution is -2.46. The predicted octanol–water partition coefficient (Wildman–Crippen LogP) is -0.395. The van der Waals surface area contributed by atoms with E-state index in [1.165, 1.54) is 11.8 Å². The molecule has 0 aromatic rings. The molecule has 1 rings (SSSR count). The molecular formula is C4H6N2OS. The molecule has 3 N–H and O–H groups in total. The average Bonchev–Trinajstić information content (AvgIpc) is 2.17. The van der Waals surface area contributed by atoms with E-state index < -0.39 is 4.99 Å². The van der Waals surface area contributed by atoms with Crippen LogP contribution in [0.4, 0.5) is 0 Å². The SMILES string of the molecule is NC1(C=O)NC=CS1. The van der Waals surface area contributed by atoms with Crippen LogP contribution in [0, 0.1) is 0 Å². The van der Waals surface area contributed by atoms with Gasteiger partial charge in [0, 0.05) is 6.20 Å². The van der Waals surface area contributed by atoms with Gasteiger partial charge in [-0.2, -0.15) is 0 Å². The zero-order chi connectivity index (χ0) is 6.04. The minimum Gasteiger partial charge on any atom is -0.358 e. The molecule has 0 bridgehead atoms. The number of carbonyl (C=O) groups is 1. The summed E-state index contributed by atoms with van der Waals surface area (Å²) in [4.78, 5) is 9.19. The van der Waals surface area contributed by atoms with Crippen LogP contribution in [0.3, 0.4) is 0 Å². The molecule has 4 heteroatoms. The molecule has 0 radical (unpaired) electrons. The molecule has 3 nitrogen and oxygen atoms in total. The second kappa shape index (κ2) is 1.80. The third kappa shape index (κ3) is 0.850. The summed E-state index contributed by atoms with van der Waals surface area (Å²) < 4.78 is 0. The Hall–Kier alpha value is -0.480. The lowest BCUT2D eigenvalue weighted by Gasteiger charge is -2.13. The first kappa shape index (κ1) is 5.65. The van der Waals surface area contributed by atoms with Crippen molar-refractivity contribution in [2.24, 2.45) is 5.73 Å². The standard InChI is InChI=1S/C4H6N2OS/c5-4(3-7)6-1-2-8-4/h1-3,6H,5H2. The van der Waals surface area contributed by atoms with Crippen molar-refractivity contribution in [3.63, 3.8) is 0 Å². The number of nitrogens with two attached hydrogens (primary N) is 1. The van der Waals surface area contributed by atoms with Crippen molar-refractivity contribution in [2.75, 3.05) is 0 Å². The van der Waals surface area contributed by atoms with E-state index in [4.69, 9.17) is 5.73 Å². The maximum atomic E-state index is 10.1. The fourth-order valence-corrected chi connectivity index (χ4v) is 0.960. The fraction of sp³-hybridized carbons (Fsp3) is 0.250. The molecule has 8 heavy (non-hydrogen) atoms. The molecule has 0 spiro atoms. The molecule has 0 fully saturated rings. The van der Waals surface area contributed by atoms with Crippen molar-refractivity contribution in [3.05, 3.63) is 11.6 Å². The summed E-state index contributed by atoms with van der Waals surface area (Å²) in [5.74, 6) is 0. The number of thioether (sulfide) groups is 1. The molecule has 1 atom stereocenters. The van der Waals surface area contributed by atoms with E-state index in [1.807, 2.05) is 0 Å². The van der Waals surface area contributed by atoms with Crippen LogP contribution in [0.1, 0.15) is 0 Å². The minimum absolute atomic E-state index is 0.678. The van der Waals surface area contributed by atoms with Gasteiger partial charge in [0.1, 0.15) is 0 Å². The Kier molecular flexibility index (Phi) is 1.27. The Morgan fingerprint density at radius 3 is 2.88 bits per heavy atom. The molecule has 1 unspecified atom stereocenters. The van der Waals surface area contributed by atoms with E-state index in [2.05, 4.69) is 5.32 Å². The summed E-state index contributed by atoms with van der Waals surface area (Å²) >= 11 is 1.26.